The second kappa shape index (κ2) is 8.53. The van der Waals surface area contributed by atoms with Crippen LogP contribution >= 0.6 is 0 Å². The maximum absolute atomic E-state index is 13.2. The number of carbonyl (C=O) groups is 1. The SMILES string of the molecule is COc1ccc(CNC(=O)NCCn2nc(C(F)(F)F)c3c2CCCC3)cc1. The number of rotatable bonds is 6. The fraction of sp³-hybridized carbons (Fsp3) is 0.474. The van der Waals surface area contributed by atoms with Gasteiger partial charge in [-0.05, 0) is 43.4 Å². The third-order valence-electron chi connectivity index (χ3n) is 4.75. The van der Waals surface area contributed by atoms with Gasteiger partial charge in [0.05, 0.1) is 13.7 Å². The van der Waals surface area contributed by atoms with Gasteiger partial charge in [-0.3, -0.25) is 4.68 Å². The molecule has 3 rings (SSSR count). The molecule has 0 atom stereocenters. The Morgan fingerprint density at radius 2 is 1.89 bits per heavy atom. The van der Waals surface area contributed by atoms with Crippen LogP contribution in [0.5, 0.6) is 5.75 Å². The molecule has 0 bridgehead atoms. The minimum Gasteiger partial charge on any atom is -0.497 e. The van der Waals surface area contributed by atoms with E-state index in [0.29, 0.717) is 30.6 Å². The van der Waals surface area contributed by atoms with Crippen LogP contribution < -0.4 is 15.4 Å². The van der Waals surface area contributed by atoms with E-state index in [9.17, 15) is 18.0 Å². The summed E-state index contributed by atoms with van der Waals surface area (Å²) in [7, 11) is 1.58. The zero-order valence-corrected chi connectivity index (χ0v) is 15.6. The van der Waals surface area contributed by atoms with Crippen LogP contribution in [0.2, 0.25) is 0 Å². The minimum absolute atomic E-state index is 0.194. The van der Waals surface area contributed by atoms with Crippen LogP contribution in [0.4, 0.5) is 18.0 Å². The summed E-state index contributed by atoms with van der Waals surface area (Å²) in [6.45, 7) is 0.736. The first-order valence-corrected chi connectivity index (χ1v) is 9.19. The van der Waals surface area contributed by atoms with Gasteiger partial charge >= 0.3 is 12.2 Å². The third kappa shape index (κ3) is 4.76. The molecule has 1 aliphatic rings. The highest BCUT2D eigenvalue weighted by Crippen LogP contribution is 2.35. The van der Waals surface area contributed by atoms with E-state index in [1.54, 1.807) is 19.2 Å². The fourth-order valence-electron chi connectivity index (χ4n) is 3.35. The molecule has 0 radical (unpaired) electrons. The monoisotopic (exact) mass is 396 g/mol. The summed E-state index contributed by atoms with van der Waals surface area (Å²) in [6, 6.07) is 6.90. The van der Waals surface area contributed by atoms with Crippen molar-refractivity contribution in [2.45, 2.75) is 44.9 Å². The number of alkyl halides is 3. The topological polar surface area (TPSA) is 68.2 Å². The highest BCUT2D eigenvalue weighted by Gasteiger charge is 2.39. The van der Waals surface area contributed by atoms with E-state index < -0.39 is 11.9 Å². The summed E-state index contributed by atoms with van der Waals surface area (Å²) in [5, 5.41) is 9.15. The van der Waals surface area contributed by atoms with Crippen molar-refractivity contribution < 1.29 is 22.7 Å². The van der Waals surface area contributed by atoms with E-state index >= 15 is 0 Å². The van der Waals surface area contributed by atoms with Gasteiger partial charge in [0.25, 0.3) is 0 Å². The summed E-state index contributed by atoms with van der Waals surface area (Å²) in [4.78, 5) is 11.9. The molecular formula is C19H23F3N4O2. The normalized spacial score (nSPS) is 13.7. The lowest BCUT2D eigenvalue weighted by molar-refractivity contribution is -0.142. The van der Waals surface area contributed by atoms with Crippen molar-refractivity contribution in [1.29, 1.82) is 0 Å². The minimum atomic E-state index is -4.45. The molecule has 6 nitrogen and oxygen atoms in total. The van der Waals surface area contributed by atoms with Crippen molar-refractivity contribution in [3.8, 4) is 5.75 Å². The number of methoxy groups -OCH3 is 1. The molecule has 0 aliphatic heterocycles. The number of hydrogen-bond donors (Lipinski definition) is 2. The van der Waals surface area contributed by atoms with Crippen molar-refractivity contribution in [2.24, 2.45) is 0 Å². The van der Waals surface area contributed by atoms with Crippen molar-refractivity contribution >= 4 is 6.03 Å². The molecule has 0 fully saturated rings. The van der Waals surface area contributed by atoms with Crippen LogP contribution in [-0.2, 0) is 32.1 Å². The molecule has 1 aromatic carbocycles. The van der Waals surface area contributed by atoms with Crippen molar-refractivity contribution in [3.05, 3.63) is 46.8 Å². The van der Waals surface area contributed by atoms with Crippen molar-refractivity contribution in [3.63, 3.8) is 0 Å². The molecule has 9 heteroatoms. The molecule has 2 aromatic rings. The Balaban J connectivity index is 1.51. The van der Waals surface area contributed by atoms with Crippen LogP contribution in [0.3, 0.4) is 0 Å². The van der Waals surface area contributed by atoms with Gasteiger partial charge in [-0.25, -0.2) is 4.79 Å². The molecule has 2 amide bonds. The molecule has 28 heavy (non-hydrogen) atoms. The highest BCUT2D eigenvalue weighted by atomic mass is 19.4. The average Bonchev–Trinajstić information content (AvgIpc) is 3.06. The maximum Gasteiger partial charge on any atom is 0.435 e. The maximum atomic E-state index is 13.2. The fourth-order valence-corrected chi connectivity index (χ4v) is 3.35. The number of ether oxygens (including phenoxy) is 1. The number of urea groups is 1. The van der Waals surface area contributed by atoms with Crippen LogP contribution in [0.1, 0.15) is 35.4 Å². The van der Waals surface area contributed by atoms with Gasteiger partial charge in [0.15, 0.2) is 5.69 Å². The Labute approximate surface area is 161 Å². The number of benzene rings is 1. The van der Waals surface area contributed by atoms with E-state index in [1.165, 1.54) is 4.68 Å². The van der Waals surface area contributed by atoms with Crippen LogP contribution in [0.15, 0.2) is 24.3 Å². The van der Waals surface area contributed by atoms with Gasteiger partial charge < -0.3 is 15.4 Å². The summed E-state index contributed by atoms with van der Waals surface area (Å²) in [5.41, 5.74) is 1.07. The summed E-state index contributed by atoms with van der Waals surface area (Å²) < 4.78 is 46.0. The highest BCUT2D eigenvalue weighted by molar-refractivity contribution is 5.73. The largest absolute Gasteiger partial charge is 0.497 e. The zero-order valence-electron chi connectivity index (χ0n) is 15.6. The lowest BCUT2D eigenvalue weighted by Crippen LogP contribution is -2.37. The molecule has 0 saturated carbocycles. The van der Waals surface area contributed by atoms with E-state index in [-0.39, 0.29) is 19.1 Å². The van der Waals surface area contributed by atoms with Gasteiger partial charge in [0, 0.05) is 24.3 Å². The Hall–Kier alpha value is -2.71. The number of amides is 2. The van der Waals surface area contributed by atoms with E-state index in [1.807, 2.05) is 12.1 Å². The van der Waals surface area contributed by atoms with Crippen molar-refractivity contribution in [1.82, 2.24) is 20.4 Å². The van der Waals surface area contributed by atoms with Gasteiger partial charge in [-0.1, -0.05) is 12.1 Å². The summed E-state index contributed by atoms with van der Waals surface area (Å²) in [5.74, 6) is 0.731. The predicted octanol–water partition coefficient (Wildman–Crippen LogP) is 3.29. The quantitative estimate of drug-likeness (QED) is 0.787. The Morgan fingerprint density at radius 1 is 1.18 bits per heavy atom. The first-order chi connectivity index (χ1) is 13.4. The second-order valence-corrected chi connectivity index (χ2v) is 6.66. The molecule has 0 unspecified atom stereocenters. The second-order valence-electron chi connectivity index (χ2n) is 6.66. The summed E-state index contributed by atoms with van der Waals surface area (Å²) >= 11 is 0. The lowest BCUT2D eigenvalue weighted by Gasteiger charge is -2.15. The molecule has 152 valence electrons. The number of nitrogens with zero attached hydrogens (tertiary/aromatic N) is 2. The van der Waals surface area contributed by atoms with Crippen molar-refractivity contribution in [2.75, 3.05) is 13.7 Å². The number of nitrogens with one attached hydrogen (secondary N) is 2. The van der Waals surface area contributed by atoms with E-state index in [2.05, 4.69) is 15.7 Å². The third-order valence-corrected chi connectivity index (χ3v) is 4.75. The van der Waals surface area contributed by atoms with E-state index in [0.717, 1.165) is 24.2 Å². The van der Waals surface area contributed by atoms with Crippen LogP contribution in [0, 0.1) is 0 Å². The predicted molar refractivity (Wildman–Crippen MR) is 97.1 cm³/mol. The number of carbonyl (C=O) groups excluding carboxylic acids is 1. The molecule has 0 spiro atoms. The standard InChI is InChI=1S/C19H23F3N4O2/c1-28-14-8-6-13(7-9-14)12-24-18(27)23-10-11-26-16-5-3-2-4-15(16)17(25-26)19(20,21)22/h6-9H,2-5,10-12H2,1H3,(H2,23,24,27). The number of hydrogen-bond acceptors (Lipinski definition) is 3. The van der Waals surface area contributed by atoms with Gasteiger partial charge in [-0.15, -0.1) is 0 Å². The first-order valence-electron chi connectivity index (χ1n) is 9.19. The number of fused-ring (bicyclic) bond motifs is 1. The van der Waals surface area contributed by atoms with Gasteiger partial charge in [0.2, 0.25) is 0 Å². The molecule has 2 N–H and O–H groups in total. The lowest BCUT2D eigenvalue weighted by atomic mass is 9.95. The van der Waals surface area contributed by atoms with Crippen LogP contribution in [0.25, 0.3) is 0 Å². The Bertz CT molecular complexity index is 816. The average molecular weight is 396 g/mol. The molecular weight excluding hydrogens is 373 g/mol. The molecule has 1 aliphatic carbocycles. The van der Waals surface area contributed by atoms with Gasteiger partial charge in [0.1, 0.15) is 5.75 Å². The smallest absolute Gasteiger partial charge is 0.435 e. The number of halogens is 3. The molecule has 0 saturated heterocycles. The number of aromatic nitrogens is 2. The molecule has 1 aromatic heterocycles. The van der Waals surface area contributed by atoms with Crippen LogP contribution in [-0.4, -0.2) is 29.5 Å². The molecule has 1 heterocycles. The van der Waals surface area contributed by atoms with E-state index in [4.69, 9.17) is 4.74 Å². The van der Waals surface area contributed by atoms with Gasteiger partial charge in [-0.2, -0.15) is 18.3 Å². The zero-order chi connectivity index (χ0) is 20.1. The Morgan fingerprint density at radius 3 is 2.57 bits per heavy atom. The Kier molecular flexibility index (Phi) is 6.11. The first kappa shape index (κ1) is 20.0. The summed E-state index contributed by atoms with van der Waals surface area (Å²) in [6.07, 6.45) is -1.86.